The molecule has 0 fully saturated rings. The molecule has 0 bridgehead atoms. The number of carbonyl (C=O) groups is 3. The van der Waals surface area contributed by atoms with Crippen molar-refractivity contribution in [3.05, 3.63) is 48.6 Å². The Kier molecular flexibility index (Phi) is 34.7. The maximum atomic E-state index is 12.3. The van der Waals surface area contributed by atoms with Crippen molar-refractivity contribution in [1.29, 1.82) is 0 Å². The smallest absolute Gasteiger partial charge is 0.472 e. The molecule has 0 aromatic rings. The molecule has 3 unspecified atom stereocenters. The van der Waals surface area contributed by atoms with Gasteiger partial charge in [-0.25, -0.2) is 9.36 Å². The van der Waals surface area contributed by atoms with Crippen LogP contribution in [0.25, 0.3) is 0 Å². The SMILES string of the molecule is CC/C=C\C/C=C\C/C=C\CCCCCC(=O)OCC(O)COP(=O)(O)OCC(NC(=O)CCCCCCC/C=C\CCCCCCCCC)C(=O)O. The van der Waals surface area contributed by atoms with Crippen LogP contribution < -0.4 is 5.32 Å². The van der Waals surface area contributed by atoms with Gasteiger partial charge in [0.05, 0.1) is 13.2 Å². The number of esters is 1. The van der Waals surface area contributed by atoms with Crippen LogP contribution in [0.2, 0.25) is 0 Å². The lowest BCUT2D eigenvalue weighted by atomic mass is 10.1. The van der Waals surface area contributed by atoms with Crippen LogP contribution in [0.4, 0.5) is 0 Å². The van der Waals surface area contributed by atoms with Gasteiger partial charge in [0.15, 0.2) is 6.04 Å². The van der Waals surface area contributed by atoms with Crippen LogP contribution in [-0.4, -0.2) is 64.9 Å². The molecule has 0 aromatic carbocycles. The lowest BCUT2D eigenvalue weighted by molar-refractivity contribution is -0.147. The van der Waals surface area contributed by atoms with Crippen molar-refractivity contribution in [2.45, 2.75) is 174 Å². The maximum absolute atomic E-state index is 12.3. The molecule has 0 saturated heterocycles. The number of nitrogens with one attached hydrogen (secondary N) is 1. The molecule has 11 nitrogen and oxygen atoms in total. The highest BCUT2D eigenvalue weighted by Crippen LogP contribution is 2.43. The van der Waals surface area contributed by atoms with Crippen molar-refractivity contribution >= 4 is 25.7 Å². The minimum Gasteiger partial charge on any atom is -0.480 e. The lowest BCUT2D eigenvalue weighted by Crippen LogP contribution is -2.43. The van der Waals surface area contributed by atoms with E-state index in [-0.39, 0.29) is 12.8 Å². The average Bonchev–Trinajstić information content (AvgIpc) is 3.13. The van der Waals surface area contributed by atoms with Crippen LogP contribution in [0, 0.1) is 0 Å². The number of carboxylic acid groups (broad SMARTS) is 1. The van der Waals surface area contributed by atoms with E-state index < -0.39 is 57.6 Å². The molecule has 3 atom stereocenters. The molecule has 0 rings (SSSR count). The Balaban J connectivity index is 3.99. The molecule has 0 aliphatic carbocycles. The summed E-state index contributed by atoms with van der Waals surface area (Å²) in [5.74, 6) is -2.42. The van der Waals surface area contributed by atoms with E-state index in [2.05, 4.69) is 67.8 Å². The van der Waals surface area contributed by atoms with Crippen LogP contribution in [0.3, 0.4) is 0 Å². The number of ether oxygens (including phenoxy) is 1. The summed E-state index contributed by atoms with van der Waals surface area (Å²) in [6.07, 6.45) is 38.6. The van der Waals surface area contributed by atoms with Crippen LogP contribution in [0.1, 0.15) is 162 Å². The fraction of sp³-hybridized carbons (Fsp3) is 0.732. The highest BCUT2D eigenvalue weighted by Gasteiger charge is 2.28. The highest BCUT2D eigenvalue weighted by molar-refractivity contribution is 7.47. The van der Waals surface area contributed by atoms with E-state index in [0.717, 1.165) is 77.0 Å². The number of allylic oxidation sites excluding steroid dienone is 8. The molecule has 12 heteroatoms. The molecule has 0 aliphatic rings. The first-order valence-corrected chi connectivity index (χ1v) is 21.7. The third-order valence-electron chi connectivity index (χ3n) is 8.35. The molecule has 0 aliphatic heterocycles. The van der Waals surface area contributed by atoms with E-state index in [1.165, 1.54) is 44.9 Å². The van der Waals surface area contributed by atoms with Crippen LogP contribution >= 0.6 is 7.82 Å². The molecular weight excluding hydrogens is 697 g/mol. The van der Waals surface area contributed by atoms with Crippen molar-refractivity contribution in [1.82, 2.24) is 5.32 Å². The number of hydrogen-bond donors (Lipinski definition) is 4. The zero-order chi connectivity index (χ0) is 39.3. The summed E-state index contributed by atoms with van der Waals surface area (Å²) < 4.78 is 26.7. The number of phosphoric ester groups is 1. The van der Waals surface area contributed by atoms with E-state index in [9.17, 15) is 34.1 Å². The van der Waals surface area contributed by atoms with E-state index in [0.29, 0.717) is 12.8 Å². The number of amides is 1. The minimum absolute atomic E-state index is 0.132. The number of carbonyl (C=O) groups excluding carboxylic acids is 2. The number of unbranched alkanes of at least 4 members (excludes halogenated alkanes) is 15. The van der Waals surface area contributed by atoms with Gasteiger partial charge in [-0.15, -0.1) is 0 Å². The number of hydrogen-bond acceptors (Lipinski definition) is 8. The quantitative estimate of drug-likeness (QED) is 0.0207. The number of phosphoric acid groups is 1. The summed E-state index contributed by atoms with van der Waals surface area (Å²) >= 11 is 0. The van der Waals surface area contributed by atoms with Gasteiger partial charge in [0.2, 0.25) is 5.91 Å². The van der Waals surface area contributed by atoms with Gasteiger partial charge in [-0.3, -0.25) is 18.6 Å². The zero-order valence-corrected chi connectivity index (χ0v) is 33.7. The first kappa shape index (κ1) is 50.4. The Labute approximate surface area is 320 Å². The monoisotopic (exact) mass is 769 g/mol. The van der Waals surface area contributed by atoms with E-state index in [1.54, 1.807) is 0 Å². The van der Waals surface area contributed by atoms with Crippen molar-refractivity contribution in [3.63, 3.8) is 0 Å². The third kappa shape index (κ3) is 36.2. The molecule has 0 saturated carbocycles. The molecule has 0 radical (unpaired) electrons. The molecule has 1 amide bonds. The number of rotatable bonds is 37. The molecule has 4 N–H and O–H groups in total. The summed E-state index contributed by atoms with van der Waals surface area (Å²) in [5, 5.41) is 21.8. The van der Waals surface area contributed by atoms with Gasteiger partial charge in [-0.1, -0.05) is 127 Å². The van der Waals surface area contributed by atoms with Gasteiger partial charge in [0.25, 0.3) is 0 Å². The summed E-state index contributed by atoms with van der Waals surface area (Å²) in [6, 6.07) is -1.55. The Morgan fingerprint density at radius 3 is 1.68 bits per heavy atom. The van der Waals surface area contributed by atoms with Crippen LogP contribution in [-0.2, 0) is 32.7 Å². The fourth-order valence-corrected chi connectivity index (χ4v) is 5.98. The Bertz CT molecular complexity index is 1090. The van der Waals surface area contributed by atoms with Crippen LogP contribution in [0.15, 0.2) is 48.6 Å². The highest BCUT2D eigenvalue weighted by atomic mass is 31.2. The van der Waals surface area contributed by atoms with Gasteiger partial charge >= 0.3 is 19.8 Å². The fourth-order valence-electron chi connectivity index (χ4n) is 5.20. The van der Waals surface area contributed by atoms with Crippen molar-refractivity contribution in [2.75, 3.05) is 19.8 Å². The van der Waals surface area contributed by atoms with Gasteiger partial charge < -0.3 is 25.2 Å². The molecule has 0 aromatic heterocycles. The first-order valence-electron chi connectivity index (χ1n) is 20.2. The number of aliphatic hydroxyl groups excluding tert-OH is 1. The number of aliphatic carboxylic acids is 1. The normalized spacial score (nSPS) is 14.3. The summed E-state index contributed by atoms with van der Waals surface area (Å²) in [6.45, 7) is 2.42. The van der Waals surface area contributed by atoms with Gasteiger partial charge in [-0.05, 0) is 70.6 Å². The van der Waals surface area contributed by atoms with Gasteiger partial charge in [-0.2, -0.15) is 0 Å². The molecule has 53 heavy (non-hydrogen) atoms. The molecule has 306 valence electrons. The predicted octanol–water partition coefficient (Wildman–Crippen LogP) is 9.83. The molecular formula is C41H72NO10P. The zero-order valence-electron chi connectivity index (χ0n) is 32.8. The Morgan fingerprint density at radius 1 is 0.623 bits per heavy atom. The number of aliphatic hydroxyl groups is 1. The predicted molar refractivity (Wildman–Crippen MR) is 212 cm³/mol. The maximum Gasteiger partial charge on any atom is 0.472 e. The molecule has 0 heterocycles. The minimum atomic E-state index is -4.76. The topological polar surface area (TPSA) is 169 Å². The third-order valence-corrected chi connectivity index (χ3v) is 9.30. The average molecular weight is 770 g/mol. The van der Waals surface area contributed by atoms with Crippen molar-refractivity contribution < 1.29 is 47.8 Å². The Morgan fingerprint density at radius 2 is 1.09 bits per heavy atom. The van der Waals surface area contributed by atoms with Gasteiger partial charge in [0, 0.05) is 12.8 Å². The van der Waals surface area contributed by atoms with E-state index in [4.69, 9.17) is 13.8 Å². The summed E-state index contributed by atoms with van der Waals surface area (Å²) in [4.78, 5) is 45.8. The lowest BCUT2D eigenvalue weighted by Gasteiger charge is -2.18. The second kappa shape index (κ2) is 36.4. The standard InChI is InChI=1S/C41H72NO10P/c1-3-5-7-9-11-13-15-17-18-19-21-22-24-26-28-30-32-39(44)42-38(41(46)47)36-52-53(48,49)51-35-37(43)34-50-40(45)33-31-29-27-25-23-20-16-14-12-10-8-6-4-2/h6,8,12,14,18-20,23,37-38,43H,3-5,7,9-11,13,15-17,21-22,24-36H2,1-2H3,(H,42,44)(H,46,47)(H,48,49)/b8-6-,14-12-,19-18-,23-20-. The van der Waals surface area contributed by atoms with Crippen molar-refractivity contribution in [2.24, 2.45) is 0 Å². The summed E-state index contributed by atoms with van der Waals surface area (Å²) in [5.41, 5.74) is 0. The Hall–Kier alpha value is -2.56. The largest absolute Gasteiger partial charge is 0.480 e. The first-order chi connectivity index (χ1) is 25.6. The van der Waals surface area contributed by atoms with Crippen molar-refractivity contribution in [3.8, 4) is 0 Å². The second-order valence-electron chi connectivity index (χ2n) is 13.4. The van der Waals surface area contributed by atoms with Crippen LogP contribution in [0.5, 0.6) is 0 Å². The molecule has 0 spiro atoms. The van der Waals surface area contributed by atoms with E-state index in [1.807, 2.05) is 0 Å². The van der Waals surface area contributed by atoms with E-state index >= 15 is 0 Å². The number of carboxylic acids is 1. The summed E-state index contributed by atoms with van der Waals surface area (Å²) in [7, 11) is -4.76. The second-order valence-corrected chi connectivity index (χ2v) is 14.9. The van der Waals surface area contributed by atoms with Gasteiger partial charge in [0.1, 0.15) is 12.7 Å².